The predicted octanol–water partition coefficient (Wildman–Crippen LogP) is 4.75. The fourth-order valence-electron chi connectivity index (χ4n) is 2.93. The van der Waals surface area contributed by atoms with Gasteiger partial charge in [0.1, 0.15) is 0 Å². The Morgan fingerprint density at radius 2 is 2.03 bits per heavy atom. The number of rotatable bonds is 7. The number of carboxylic acid groups (broad SMARTS) is 1. The summed E-state index contributed by atoms with van der Waals surface area (Å²) in [5.74, 6) is -0.234. The highest BCUT2D eigenvalue weighted by atomic mass is 79.9. The summed E-state index contributed by atoms with van der Waals surface area (Å²) in [7, 11) is 1.56. The van der Waals surface area contributed by atoms with Gasteiger partial charge in [0, 0.05) is 4.47 Å². The molecule has 156 valence electrons. The Balaban J connectivity index is 1.95. The number of carbonyl (C=O) groups is 2. The van der Waals surface area contributed by atoms with Gasteiger partial charge in [-0.15, -0.1) is 0 Å². The summed E-state index contributed by atoms with van der Waals surface area (Å²) in [6, 6.07) is 9.69. The summed E-state index contributed by atoms with van der Waals surface area (Å²) in [4.78, 5) is 24.2. The third kappa shape index (κ3) is 4.38. The predicted molar refractivity (Wildman–Crippen MR) is 118 cm³/mol. The second-order valence-corrected chi connectivity index (χ2v) is 7.44. The Morgan fingerprint density at radius 3 is 2.70 bits per heavy atom. The first kappa shape index (κ1) is 21.6. The highest BCUT2D eigenvalue weighted by Gasteiger charge is 2.29. The Kier molecular flexibility index (Phi) is 6.56. The maximum atomic E-state index is 13.0. The first-order valence-corrected chi connectivity index (χ1v) is 10.1. The number of methoxy groups -OCH3 is 1. The van der Waals surface area contributed by atoms with Gasteiger partial charge in [-0.2, -0.15) is 10.1 Å². The topological polar surface area (TPSA) is 88.4 Å². The molecule has 0 unspecified atom stereocenters. The van der Waals surface area contributed by atoms with E-state index in [2.05, 4.69) is 21.0 Å². The van der Waals surface area contributed by atoms with Gasteiger partial charge in [-0.05, 0) is 55.3 Å². The molecule has 1 aliphatic heterocycles. The molecule has 0 saturated carbocycles. The molecule has 0 aliphatic carbocycles. The summed E-state index contributed by atoms with van der Waals surface area (Å²) < 4.78 is 11.9. The average Bonchev–Trinajstić information content (AvgIpc) is 3.01. The number of amides is 1. The molecule has 0 saturated heterocycles. The van der Waals surface area contributed by atoms with Gasteiger partial charge in [-0.3, -0.25) is 4.79 Å². The van der Waals surface area contributed by atoms with E-state index in [0.29, 0.717) is 35.1 Å². The van der Waals surface area contributed by atoms with Gasteiger partial charge in [-0.25, -0.2) is 4.79 Å². The zero-order valence-corrected chi connectivity index (χ0v) is 18.4. The second-order valence-electron chi connectivity index (χ2n) is 6.59. The van der Waals surface area contributed by atoms with Crippen LogP contribution in [0.25, 0.3) is 6.08 Å². The lowest BCUT2D eigenvalue weighted by atomic mass is 10.1. The molecule has 2 aromatic carbocycles. The Hall–Kier alpha value is -3.13. The molecule has 0 atom stereocenters. The van der Waals surface area contributed by atoms with Crippen LogP contribution < -0.4 is 14.5 Å². The number of carbonyl (C=O) groups excluding carboxylic acids is 1. The van der Waals surface area contributed by atoms with Crippen molar-refractivity contribution in [2.24, 2.45) is 5.10 Å². The fraction of sp³-hybridized carbons (Fsp3) is 0.227. The number of halogens is 1. The van der Waals surface area contributed by atoms with E-state index in [9.17, 15) is 14.7 Å². The van der Waals surface area contributed by atoms with E-state index >= 15 is 0 Å². The van der Waals surface area contributed by atoms with Crippen LogP contribution in [0.4, 0.5) is 5.69 Å². The number of ether oxygens (including phenoxy) is 2. The van der Waals surface area contributed by atoms with Gasteiger partial charge in [0.2, 0.25) is 0 Å². The van der Waals surface area contributed by atoms with Crippen molar-refractivity contribution in [1.82, 2.24) is 0 Å². The minimum Gasteiger partial charge on any atom is -0.493 e. The zero-order chi connectivity index (χ0) is 21.8. The second kappa shape index (κ2) is 9.13. The lowest BCUT2D eigenvalue weighted by molar-refractivity contribution is -0.114. The number of anilines is 1. The summed E-state index contributed by atoms with van der Waals surface area (Å²) >= 11 is 3.52. The number of hydrogen-bond acceptors (Lipinski definition) is 5. The number of carboxylic acids is 1. The number of hydrazone groups is 1. The lowest BCUT2D eigenvalue weighted by Gasteiger charge is -2.13. The van der Waals surface area contributed by atoms with Crippen molar-refractivity contribution in [3.63, 3.8) is 0 Å². The molecular formula is C22H21BrN2O5. The molecule has 1 amide bonds. The van der Waals surface area contributed by atoms with Crippen LogP contribution in [0, 0.1) is 0 Å². The highest BCUT2D eigenvalue weighted by molar-refractivity contribution is 9.10. The third-order valence-corrected chi connectivity index (χ3v) is 5.13. The fourth-order valence-corrected chi connectivity index (χ4v) is 3.37. The van der Waals surface area contributed by atoms with Crippen LogP contribution in [0.2, 0.25) is 0 Å². The number of nitrogens with zero attached hydrogens (tertiary/aromatic N) is 2. The third-order valence-electron chi connectivity index (χ3n) is 4.44. The highest BCUT2D eigenvalue weighted by Crippen LogP contribution is 2.35. The SMILES string of the molecule is CCCOc1cc(Br)c(/C=C2\C(=O)N(c3cccc(C(=O)O)c3)N=C2C)cc1OC. The minimum atomic E-state index is -1.07. The Labute approximate surface area is 182 Å². The largest absolute Gasteiger partial charge is 0.493 e. The van der Waals surface area contributed by atoms with E-state index < -0.39 is 5.97 Å². The molecular weight excluding hydrogens is 452 g/mol. The normalized spacial score (nSPS) is 14.8. The molecule has 1 aliphatic rings. The van der Waals surface area contributed by atoms with E-state index in [1.165, 1.54) is 17.1 Å². The van der Waals surface area contributed by atoms with Gasteiger partial charge in [0.25, 0.3) is 5.91 Å². The minimum absolute atomic E-state index is 0.0840. The lowest BCUT2D eigenvalue weighted by Crippen LogP contribution is -2.21. The monoisotopic (exact) mass is 472 g/mol. The van der Waals surface area contributed by atoms with E-state index in [1.807, 2.05) is 6.92 Å². The molecule has 3 rings (SSSR count). The summed E-state index contributed by atoms with van der Waals surface area (Å²) in [5.41, 5.74) is 2.14. The molecule has 30 heavy (non-hydrogen) atoms. The van der Waals surface area contributed by atoms with Crippen LogP contribution in [0.5, 0.6) is 11.5 Å². The van der Waals surface area contributed by atoms with E-state index in [-0.39, 0.29) is 11.5 Å². The molecule has 1 N–H and O–H groups in total. The summed E-state index contributed by atoms with van der Waals surface area (Å²) in [5, 5.41) is 14.7. The molecule has 0 fully saturated rings. The molecule has 0 bridgehead atoms. The molecule has 1 heterocycles. The van der Waals surface area contributed by atoms with Crippen molar-refractivity contribution in [3.05, 3.63) is 57.6 Å². The maximum Gasteiger partial charge on any atom is 0.335 e. The molecule has 7 nitrogen and oxygen atoms in total. The Bertz CT molecular complexity index is 1060. The van der Waals surface area contributed by atoms with Crippen molar-refractivity contribution >= 4 is 45.3 Å². The van der Waals surface area contributed by atoms with Crippen molar-refractivity contribution in [1.29, 1.82) is 0 Å². The number of benzene rings is 2. The van der Waals surface area contributed by atoms with Crippen LogP contribution in [0.3, 0.4) is 0 Å². The van der Waals surface area contributed by atoms with Crippen molar-refractivity contribution in [2.75, 3.05) is 18.7 Å². The van der Waals surface area contributed by atoms with E-state index in [4.69, 9.17) is 9.47 Å². The van der Waals surface area contributed by atoms with E-state index in [1.54, 1.807) is 44.4 Å². The summed E-state index contributed by atoms with van der Waals surface area (Å²) in [6.45, 7) is 4.32. The van der Waals surface area contributed by atoms with E-state index in [0.717, 1.165) is 16.5 Å². The maximum absolute atomic E-state index is 13.0. The van der Waals surface area contributed by atoms with Crippen LogP contribution >= 0.6 is 15.9 Å². The van der Waals surface area contributed by atoms with Gasteiger partial charge in [0.15, 0.2) is 11.5 Å². The van der Waals surface area contributed by atoms with Crippen LogP contribution in [-0.2, 0) is 4.79 Å². The standard InChI is InChI=1S/C22H21BrN2O5/c1-4-8-30-20-12-18(23)15(11-19(20)29-3)10-17-13(2)24-25(21(17)26)16-7-5-6-14(9-16)22(27)28/h5-7,9-12H,4,8H2,1-3H3,(H,27,28)/b17-10-. The zero-order valence-electron chi connectivity index (χ0n) is 16.8. The average molecular weight is 473 g/mol. The van der Waals surface area contributed by atoms with Gasteiger partial charge >= 0.3 is 5.97 Å². The van der Waals surface area contributed by atoms with Crippen molar-refractivity contribution in [2.45, 2.75) is 20.3 Å². The van der Waals surface area contributed by atoms with Crippen molar-refractivity contribution in [3.8, 4) is 11.5 Å². The van der Waals surface area contributed by atoms with Gasteiger partial charge < -0.3 is 14.6 Å². The smallest absolute Gasteiger partial charge is 0.335 e. The molecule has 2 aromatic rings. The molecule has 0 radical (unpaired) electrons. The van der Waals surface area contributed by atoms with Crippen molar-refractivity contribution < 1.29 is 24.2 Å². The summed E-state index contributed by atoms with van der Waals surface area (Å²) in [6.07, 6.45) is 2.59. The molecule has 8 heteroatoms. The molecule has 0 aromatic heterocycles. The number of aromatic carboxylic acids is 1. The number of hydrogen-bond donors (Lipinski definition) is 1. The van der Waals surface area contributed by atoms with Crippen LogP contribution in [0.1, 0.15) is 36.2 Å². The van der Waals surface area contributed by atoms with Crippen LogP contribution in [0.15, 0.2) is 51.5 Å². The van der Waals surface area contributed by atoms with Gasteiger partial charge in [0.05, 0.1) is 36.3 Å². The Morgan fingerprint density at radius 1 is 1.27 bits per heavy atom. The quantitative estimate of drug-likeness (QED) is 0.587. The van der Waals surface area contributed by atoms with Crippen LogP contribution in [-0.4, -0.2) is 36.4 Å². The first-order valence-electron chi connectivity index (χ1n) is 9.31. The van der Waals surface area contributed by atoms with Gasteiger partial charge in [-0.1, -0.05) is 28.9 Å². The molecule has 0 spiro atoms. The first-order chi connectivity index (χ1) is 14.3.